The van der Waals surface area contributed by atoms with Crippen molar-refractivity contribution in [2.75, 3.05) is 0 Å². The van der Waals surface area contributed by atoms with Crippen LogP contribution in [0.3, 0.4) is 0 Å². The Balaban J connectivity index is 2.95. The van der Waals surface area contributed by atoms with Gasteiger partial charge < -0.3 is 0 Å². The van der Waals surface area contributed by atoms with Crippen LogP contribution in [0.2, 0.25) is 5.28 Å². The largest absolute Gasteiger partial charge is 0.226 e. The van der Waals surface area contributed by atoms with Gasteiger partial charge in [0.15, 0.2) is 0 Å². The molecule has 0 aliphatic rings. The lowest BCUT2D eigenvalue weighted by atomic mass is 10.5. The second-order valence-corrected chi connectivity index (χ2v) is 2.22. The van der Waals surface area contributed by atoms with Gasteiger partial charge >= 0.3 is 0 Å². The van der Waals surface area contributed by atoms with Crippen LogP contribution < -0.4 is 0 Å². The predicted octanol–water partition coefficient (Wildman–Crippen LogP) is 1.38. The first-order valence-corrected chi connectivity index (χ1v) is 3.20. The summed E-state index contributed by atoms with van der Waals surface area (Å²) in [5.74, 6) is 0. The van der Waals surface area contributed by atoms with Crippen molar-refractivity contribution in [3.05, 3.63) is 29.8 Å². The zero-order chi connectivity index (χ0) is 6.97. The molecule has 0 unspecified atom stereocenters. The maximum Gasteiger partial charge on any atom is 0.224 e. The average Bonchev–Trinajstić information content (AvgIpc) is 2.36. The van der Waals surface area contributed by atoms with Gasteiger partial charge in [-0.25, -0.2) is 9.50 Å². The van der Waals surface area contributed by atoms with Crippen LogP contribution >= 0.6 is 11.6 Å². The molecule has 0 atom stereocenters. The molecule has 0 fully saturated rings. The minimum absolute atomic E-state index is 0.391. The highest BCUT2D eigenvalue weighted by Crippen LogP contribution is 2.06. The molecule has 0 N–H and O–H groups in total. The molecule has 0 aliphatic heterocycles. The lowest BCUT2D eigenvalue weighted by Crippen LogP contribution is -1.89. The van der Waals surface area contributed by atoms with E-state index in [-0.39, 0.29) is 0 Å². The molecule has 0 saturated heterocycles. The van der Waals surface area contributed by atoms with Crippen LogP contribution in [0.25, 0.3) is 5.52 Å². The van der Waals surface area contributed by atoms with Gasteiger partial charge in [-0.2, -0.15) is 5.10 Å². The Morgan fingerprint density at radius 2 is 2.10 bits per heavy atom. The summed E-state index contributed by atoms with van der Waals surface area (Å²) in [4.78, 5) is 3.85. The van der Waals surface area contributed by atoms with Gasteiger partial charge in [0, 0.05) is 6.20 Å². The third kappa shape index (κ3) is 0.675. The summed E-state index contributed by atoms with van der Waals surface area (Å²) in [6.07, 6.45) is 3.34. The Morgan fingerprint density at radius 3 is 2.90 bits per heavy atom. The maximum atomic E-state index is 5.69. The number of hydrogen-bond acceptors (Lipinski definition) is 2. The van der Waals surface area contributed by atoms with E-state index in [2.05, 4.69) is 10.1 Å². The standard InChI is InChI=1S/C6H4ClN3/c7-6-8-3-1-5-2-4-9-10(5)6/h1-4H. The number of hydrogen-bond donors (Lipinski definition) is 0. The SMILES string of the molecule is Clc1nccc2ccnn12. The first-order chi connectivity index (χ1) is 4.88. The van der Waals surface area contributed by atoms with Gasteiger partial charge in [0.2, 0.25) is 5.28 Å². The number of halogens is 1. The molecule has 0 amide bonds. The lowest BCUT2D eigenvalue weighted by Gasteiger charge is -1.91. The minimum Gasteiger partial charge on any atom is -0.226 e. The van der Waals surface area contributed by atoms with Crippen molar-refractivity contribution >= 4 is 17.1 Å². The number of fused-ring (bicyclic) bond motifs is 1. The molecule has 0 bridgehead atoms. The minimum atomic E-state index is 0.391. The molecule has 0 radical (unpaired) electrons. The van der Waals surface area contributed by atoms with E-state index in [1.807, 2.05) is 12.1 Å². The topological polar surface area (TPSA) is 30.2 Å². The smallest absolute Gasteiger partial charge is 0.224 e. The molecule has 0 aliphatic carbocycles. The summed E-state index contributed by atoms with van der Waals surface area (Å²) in [6, 6.07) is 3.71. The van der Waals surface area contributed by atoms with Crippen molar-refractivity contribution in [3.63, 3.8) is 0 Å². The zero-order valence-electron chi connectivity index (χ0n) is 5.03. The van der Waals surface area contributed by atoms with Gasteiger partial charge in [0.1, 0.15) is 0 Å². The number of rotatable bonds is 0. The van der Waals surface area contributed by atoms with E-state index >= 15 is 0 Å². The van der Waals surface area contributed by atoms with Crippen LogP contribution in [0.4, 0.5) is 0 Å². The van der Waals surface area contributed by atoms with Crippen LogP contribution in [-0.4, -0.2) is 14.6 Å². The molecule has 4 heteroatoms. The number of aromatic nitrogens is 3. The molecule has 2 heterocycles. The molecule has 0 aromatic carbocycles. The number of nitrogens with zero attached hydrogens (tertiary/aromatic N) is 3. The fourth-order valence-corrected chi connectivity index (χ4v) is 1.02. The van der Waals surface area contributed by atoms with E-state index in [0.29, 0.717) is 5.28 Å². The summed E-state index contributed by atoms with van der Waals surface area (Å²) >= 11 is 5.69. The van der Waals surface area contributed by atoms with Gasteiger partial charge in [-0.05, 0) is 23.7 Å². The highest BCUT2D eigenvalue weighted by Gasteiger charge is 1.95. The van der Waals surface area contributed by atoms with E-state index < -0.39 is 0 Å². The van der Waals surface area contributed by atoms with Crippen LogP contribution in [0, 0.1) is 0 Å². The summed E-state index contributed by atoms with van der Waals surface area (Å²) in [6.45, 7) is 0. The molecule has 0 spiro atoms. The molecule has 0 saturated carbocycles. The normalized spacial score (nSPS) is 10.5. The van der Waals surface area contributed by atoms with E-state index in [9.17, 15) is 0 Å². The molecule has 2 aromatic heterocycles. The Morgan fingerprint density at radius 1 is 1.30 bits per heavy atom. The van der Waals surface area contributed by atoms with Crippen LogP contribution in [0.15, 0.2) is 24.5 Å². The van der Waals surface area contributed by atoms with Crippen molar-refractivity contribution < 1.29 is 0 Å². The first-order valence-electron chi connectivity index (χ1n) is 2.82. The summed E-state index contributed by atoms with van der Waals surface area (Å²) in [5.41, 5.74) is 0.958. The van der Waals surface area contributed by atoms with Crippen molar-refractivity contribution in [1.82, 2.24) is 14.6 Å². The third-order valence-corrected chi connectivity index (χ3v) is 1.53. The molecule has 2 rings (SSSR count). The second-order valence-electron chi connectivity index (χ2n) is 1.88. The highest BCUT2D eigenvalue weighted by molar-refractivity contribution is 6.28. The monoisotopic (exact) mass is 153 g/mol. The Labute approximate surface area is 62.3 Å². The van der Waals surface area contributed by atoms with Gasteiger partial charge in [-0.15, -0.1) is 0 Å². The van der Waals surface area contributed by atoms with Crippen LogP contribution in [-0.2, 0) is 0 Å². The van der Waals surface area contributed by atoms with Gasteiger partial charge in [-0.3, -0.25) is 0 Å². The van der Waals surface area contributed by atoms with E-state index in [4.69, 9.17) is 11.6 Å². The Kier molecular flexibility index (Phi) is 1.11. The fraction of sp³-hybridized carbons (Fsp3) is 0. The van der Waals surface area contributed by atoms with E-state index in [1.54, 1.807) is 16.9 Å². The van der Waals surface area contributed by atoms with Gasteiger partial charge in [0.25, 0.3) is 0 Å². The molecule has 3 nitrogen and oxygen atoms in total. The fourth-order valence-electron chi connectivity index (χ4n) is 0.824. The molecule has 50 valence electrons. The van der Waals surface area contributed by atoms with Crippen molar-refractivity contribution in [1.29, 1.82) is 0 Å². The second kappa shape index (κ2) is 1.95. The molecular formula is C6H4ClN3. The van der Waals surface area contributed by atoms with Gasteiger partial charge in [-0.1, -0.05) is 0 Å². The Bertz CT molecular complexity index is 355. The van der Waals surface area contributed by atoms with Crippen molar-refractivity contribution in [3.8, 4) is 0 Å². The quantitative estimate of drug-likeness (QED) is 0.536. The highest BCUT2D eigenvalue weighted by atomic mass is 35.5. The van der Waals surface area contributed by atoms with Gasteiger partial charge in [0.05, 0.1) is 11.7 Å². The zero-order valence-corrected chi connectivity index (χ0v) is 5.78. The van der Waals surface area contributed by atoms with E-state index in [0.717, 1.165) is 5.52 Å². The summed E-state index contributed by atoms with van der Waals surface area (Å²) in [5, 5.41) is 4.33. The molecule has 2 aromatic rings. The first kappa shape index (κ1) is 5.68. The summed E-state index contributed by atoms with van der Waals surface area (Å²) < 4.78 is 1.57. The Hall–Kier alpha value is -1.09. The average molecular weight is 154 g/mol. The predicted molar refractivity (Wildman–Crippen MR) is 38.0 cm³/mol. The van der Waals surface area contributed by atoms with E-state index in [1.165, 1.54) is 0 Å². The lowest BCUT2D eigenvalue weighted by molar-refractivity contribution is 0.923. The van der Waals surface area contributed by atoms with Crippen LogP contribution in [0.5, 0.6) is 0 Å². The third-order valence-electron chi connectivity index (χ3n) is 1.27. The van der Waals surface area contributed by atoms with Crippen LogP contribution in [0.1, 0.15) is 0 Å². The molecular weight excluding hydrogens is 150 g/mol. The summed E-state index contributed by atoms with van der Waals surface area (Å²) in [7, 11) is 0. The molecule has 10 heavy (non-hydrogen) atoms. The van der Waals surface area contributed by atoms with Crippen molar-refractivity contribution in [2.24, 2.45) is 0 Å². The maximum absolute atomic E-state index is 5.69. The van der Waals surface area contributed by atoms with Crippen molar-refractivity contribution in [2.45, 2.75) is 0 Å².